The van der Waals surface area contributed by atoms with Crippen LogP contribution in [0.2, 0.25) is 0 Å². The first-order chi connectivity index (χ1) is 9.78. The third-order valence-corrected chi connectivity index (χ3v) is 4.80. The molecule has 0 radical (unpaired) electrons. The summed E-state index contributed by atoms with van der Waals surface area (Å²) >= 11 is 0. The first-order valence-corrected chi connectivity index (χ1v) is 7.34. The van der Waals surface area contributed by atoms with Gasteiger partial charge >= 0.3 is 5.97 Å². The number of halogens is 1. The summed E-state index contributed by atoms with van der Waals surface area (Å²) in [6.07, 6.45) is 3.16. The van der Waals surface area contributed by atoms with Crippen molar-refractivity contribution < 1.29 is 19.0 Å². The van der Waals surface area contributed by atoms with Gasteiger partial charge in [-0.25, -0.2) is 4.39 Å². The molecule has 1 aliphatic carbocycles. The van der Waals surface area contributed by atoms with Crippen molar-refractivity contribution in [3.05, 3.63) is 29.6 Å². The first kappa shape index (κ1) is 15.8. The van der Waals surface area contributed by atoms with Crippen LogP contribution in [0.3, 0.4) is 0 Å². The molecule has 0 saturated heterocycles. The van der Waals surface area contributed by atoms with Crippen LogP contribution in [0.4, 0.5) is 4.39 Å². The van der Waals surface area contributed by atoms with Crippen LogP contribution in [0.5, 0.6) is 5.75 Å². The van der Waals surface area contributed by atoms with E-state index in [1.165, 1.54) is 13.2 Å². The number of carbonyl (C=O) groups is 1. The van der Waals surface area contributed by atoms with Crippen molar-refractivity contribution in [2.45, 2.75) is 46.0 Å². The predicted molar refractivity (Wildman–Crippen MR) is 79.0 cm³/mol. The van der Waals surface area contributed by atoms with Crippen molar-refractivity contribution in [1.82, 2.24) is 0 Å². The Balaban J connectivity index is 2.23. The first-order valence-electron chi connectivity index (χ1n) is 7.34. The number of benzene rings is 1. The van der Waals surface area contributed by atoms with Crippen molar-refractivity contribution in [2.24, 2.45) is 10.8 Å². The third-order valence-electron chi connectivity index (χ3n) is 4.80. The summed E-state index contributed by atoms with van der Waals surface area (Å²) in [7, 11) is 1.48. The van der Waals surface area contributed by atoms with Crippen molar-refractivity contribution in [2.75, 3.05) is 7.11 Å². The van der Waals surface area contributed by atoms with Gasteiger partial charge in [-0.3, -0.25) is 4.79 Å². The van der Waals surface area contributed by atoms with Gasteiger partial charge in [0, 0.05) is 6.07 Å². The van der Waals surface area contributed by atoms with Crippen LogP contribution in [0.25, 0.3) is 0 Å². The molecule has 0 atom stereocenters. The number of hydrogen-bond acceptors (Lipinski definition) is 2. The molecule has 0 amide bonds. The van der Waals surface area contributed by atoms with Crippen molar-refractivity contribution in [1.29, 1.82) is 0 Å². The summed E-state index contributed by atoms with van der Waals surface area (Å²) in [5.41, 5.74) is -0.208. The summed E-state index contributed by atoms with van der Waals surface area (Å²) in [6, 6.07) is 4.64. The second kappa shape index (κ2) is 5.66. The smallest absolute Gasteiger partial charge is 0.309 e. The zero-order chi connectivity index (χ0) is 15.7. The number of carboxylic acid groups (broad SMARTS) is 1. The van der Waals surface area contributed by atoms with Gasteiger partial charge in [-0.2, -0.15) is 0 Å². The van der Waals surface area contributed by atoms with Gasteiger partial charge in [0.05, 0.1) is 12.5 Å². The van der Waals surface area contributed by atoms with Crippen LogP contribution in [0, 0.1) is 16.6 Å². The van der Waals surface area contributed by atoms with Crippen LogP contribution >= 0.6 is 0 Å². The van der Waals surface area contributed by atoms with E-state index in [2.05, 4.69) is 13.8 Å². The van der Waals surface area contributed by atoms with E-state index >= 15 is 0 Å². The van der Waals surface area contributed by atoms with Crippen LogP contribution in [0.15, 0.2) is 18.2 Å². The van der Waals surface area contributed by atoms with Crippen molar-refractivity contribution in [3.63, 3.8) is 0 Å². The monoisotopic (exact) mass is 294 g/mol. The molecule has 116 valence electrons. The minimum Gasteiger partial charge on any atom is -0.497 e. The molecule has 1 aromatic carbocycles. The molecule has 0 heterocycles. The zero-order valence-corrected chi connectivity index (χ0v) is 12.9. The number of hydrogen-bond donors (Lipinski definition) is 1. The topological polar surface area (TPSA) is 46.5 Å². The third kappa shape index (κ3) is 3.36. The number of rotatable bonds is 4. The molecule has 3 nitrogen and oxygen atoms in total. The lowest BCUT2D eigenvalue weighted by molar-refractivity contribution is -0.152. The zero-order valence-electron chi connectivity index (χ0n) is 12.9. The highest BCUT2D eigenvalue weighted by molar-refractivity contribution is 5.75. The standard InChI is InChI=1S/C17H23FO3/c1-16(2)6-8-17(9-7-16,15(19)20)11-12-4-5-13(21-3)10-14(12)18/h4-5,10H,6-9,11H2,1-3H3,(H,19,20). The van der Waals surface area contributed by atoms with Gasteiger partial charge in [0.15, 0.2) is 0 Å². The molecule has 1 aliphatic rings. The minimum absolute atomic E-state index is 0.178. The maximum absolute atomic E-state index is 14.1. The normalized spacial score (nSPS) is 20.0. The van der Waals surface area contributed by atoms with Crippen LogP contribution < -0.4 is 4.74 Å². The molecule has 21 heavy (non-hydrogen) atoms. The van der Waals surface area contributed by atoms with Crippen molar-refractivity contribution >= 4 is 5.97 Å². The molecule has 1 fully saturated rings. The molecule has 1 aromatic rings. The minimum atomic E-state index is -0.842. The fourth-order valence-electron chi connectivity index (χ4n) is 3.03. The second-order valence-electron chi connectivity index (χ2n) is 6.88. The lowest BCUT2D eigenvalue weighted by Crippen LogP contribution is -2.39. The van der Waals surface area contributed by atoms with Crippen LogP contribution in [-0.2, 0) is 11.2 Å². The summed E-state index contributed by atoms with van der Waals surface area (Å²) in [6.45, 7) is 4.32. The lowest BCUT2D eigenvalue weighted by Gasteiger charge is -2.41. The highest BCUT2D eigenvalue weighted by Gasteiger charge is 2.44. The fourth-order valence-corrected chi connectivity index (χ4v) is 3.03. The highest BCUT2D eigenvalue weighted by atomic mass is 19.1. The molecule has 2 rings (SSSR count). The molecule has 1 saturated carbocycles. The Morgan fingerprint density at radius 2 is 1.90 bits per heavy atom. The SMILES string of the molecule is COc1ccc(CC2(C(=O)O)CCC(C)(C)CC2)c(F)c1. The molecular formula is C17H23FO3. The van der Waals surface area contributed by atoms with E-state index < -0.39 is 11.4 Å². The Bertz CT molecular complexity index is 527. The van der Waals surface area contributed by atoms with Gasteiger partial charge in [0.25, 0.3) is 0 Å². The summed E-state index contributed by atoms with van der Waals surface area (Å²) in [4.78, 5) is 11.8. The predicted octanol–water partition coefficient (Wildman–Crippen LogP) is 4.05. The van der Waals surface area contributed by atoms with Gasteiger partial charge < -0.3 is 9.84 Å². The van der Waals surface area contributed by atoms with Crippen LogP contribution in [0.1, 0.15) is 45.1 Å². The highest BCUT2D eigenvalue weighted by Crippen LogP contribution is 2.47. The van der Waals surface area contributed by atoms with Gasteiger partial charge in [0.1, 0.15) is 11.6 Å². The molecule has 0 spiro atoms. The van der Waals surface area contributed by atoms with E-state index in [1.54, 1.807) is 12.1 Å². The fraction of sp³-hybridized carbons (Fsp3) is 0.588. The average Bonchev–Trinajstić information content (AvgIpc) is 2.43. The van der Waals surface area contributed by atoms with E-state index in [9.17, 15) is 14.3 Å². The molecular weight excluding hydrogens is 271 g/mol. The molecule has 0 aromatic heterocycles. The van der Waals surface area contributed by atoms with E-state index in [-0.39, 0.29) is 17.7 Å². The van der Waals surface area contributed by atoms with E-state index in [0.717, 1.165) is 12.8 Å². The Morgan fingerprint density at radius 1 is 1.29 bits per heavy atom. The summed E-state index contributed by atoms with van der Waals surface area (Å²) in [5, 5.41) is 9.66. The van der Waals surface area contributed by atoms with Gasteiger partial charge in [-0.1, -0.05) is 19.9 Å². The molecule has 0 unspecified atom stereocenters. The molecule has 1 N–H and O–H groups in total. The molecule has 0 bridgehead atoms. The average molecular weight is 294 g/mol. The largest absolute Gasteiger partial charge is 0.497 e. The quantitative estimate of drug-likeness (QED) is 0.911. The lowest BCUT2D eigenvalue weighted by atomic mass is 9.63. The molecule has 0 aliphatic heterocycles. The maximum Gasteiger partial charge on any atom is 0.309 e. The Hall–Kier alpha value is -1.58. The number of aliphatic carboxylic acids is 1. The Labute approximate surface area is 125 Å². The van der Waals surface area contributed by atoms with E-state index in [0.29, 0.717) is 24.2 Å². The maximum atomic E-state index is 14.1. The number of ether oxygens (including phenoxy) is 1. The summed E-state index contributed by atoms with van der Waals surface area (Å²) < 4.78 is 19.1. The van der Waals surface area contributed by atoms with Gasteiger partial charge in [0.2, 0.25) is 0 Å². The second-order valence-corrected chi connectivity index (χ2v) is 6.88. The van der Waals surface area contributed by atoms with Gasteiger partial charge in [-0.05, 0) is 49.1 Å². The Morgan fingerprint density at radius 3 is 2.38 bits per heavy atom. The van der Waals surface area contributed by atoms with Crippen LogP contribution in [-0.4, -0.2) is 18.2 Å². The number of carboxylic acids is 1. The number of methoxy groups -OCH3 is 1. The summed E-state index contributed by atoms with van der Waals surface area (Å²) in [5.74, 6) is -0.751. The van der Waals surface area contributed by atoms with Crippen molar-refractivity contribution in [3.8, 4) is 5.75 Å². The molecule has 4 heteroatoms. The Kier molecular flexibility index (Phi) is 4.26. The van der Waals surface area contributed by atoms with E-state index in [1.807, 2.05) is 0 Å². The van der Waals surface area contributed by atoms with E-state index in [4.69, 9.17) is 4.74 Å². The van der Waals surface area contributed by atoms with Gasteiger partial charge in [-0.15, -0.1) is 0 Å².